The molecule has 9 heteroatoms. The number of likely N-dealkylation sites (N-methyl/N-ethyl adjacent to an activating group) is 1. The Bertz CT molecular complexity index is 523. The second-order valence-electron chi connectivity index (χ2n) is 5.25. The number of nitrogens with zero attached hydrogens (tertiary/aromatic N) is 3. The van der Waals surface area contributed by atoms with E-state index >= 15 is 0 Å². The van der Waals surface area contributed by atoms with Crippen LogP contribution in [0.5, 0.6) is 0 Å². The summed E-state index contributed by atoms with van der Waals surface area (Å²) in [5.41, 5.74) is -0.925. The van der Waals surface area contributed by atoms with Crippen LogP contribution in [0, 0.1) is 0 Å². The Morgan fingerprint density at radius 1 is 1.25 bits per heavy atom. The van der Waals surface area contributed by atoms with Crippen molar-refractivity contribution in [2.45, 2.75) is 25.3 Å². The first kappa shape index (κ1) is 15.2. The Labute approximate surface area is 118 Å². The van der Waals surface area contributed by atoms with E-state index in [-0.39, 0.29) is 25.0 Å². The summed E-state index contributed by atoms with van der Waals surface area (Å²) in [7, 11) is -0.521. The number of hydrogen-bond acceptors (Lipinski definition) is 4. The Balaban J connectivity index is 2.13. The molecule has 0 aromatic carbocycles. The molecule has 114 valence electrons. The Kier molecular flexibility index (Phi) is 3.78. The first-order valence-corrected chi connectivity index (χ1v) is 7.96. The van der Waals surface area contributed by atoms with Crippen molar-refractivity contribution in [1.82, 2.24) is 18.8 Å². The Morgan fingerprint density at radius 2 is 1.80 bits per heavy atom. The zero-order valence-corrected chi connectivity index (χ0v) is 12.7. The van der Waals surface area contributed by atoms with Gasteiger partial charge in [-0.15, -0.1) is 0 Å². The van der Waals surface area contributed by atoms with E-state index in [1.165, 1.54) is 23.3 Å². The van der Waals surface area contributed by atoms with E-state index in [4.69, 9.17) is 0 Å². The zero-order valence-electron chi connectivity index (χ0n) is 11.9. The quantitative estimate of drug-likeness (QED) is 0.691. The molecule has 2 rings (SSSR count). The summed E-state index contributed by atoms with van der Waals surface area (Å²) < 4.78 is 26.5. The minimum absolute atomic E-state index is 0.226. The average molecular weight is 304 g/mol. The molecule has 0 aromatic rings. The molecule has 2 aliphatic rings. The highest BCUT2D eigenvalue weighted by atomic mass is 32.2. The van der Waals surface area contributed by atoms with Gasteiger partial charge in [0.25, 0.3) is 16.1 Å². The van der Waals surface area contributed by atoms with Gasteiger partial charge in [0, 0.05) is 33.7 Å². The molecule has 20 heavy (non-hydrogen) atoms. The molecule has 0 atom stereocenters. The lowest BCUT2D eigenvalue weighted by Gasteiger charge is -2.37. The van der Waals surface area contributed by atoms with Crippen LogP contribution < -0.4 is 5.32 Å². The summed E-state index contributed by atoms with van der Waals surface area (Å²) in [4.78, 5) is 25.2. The van der Waals surface area contributed by atoms with Crippen molar-refractivity contribution in [1.29, 1.82) is 0 Å². The fraction of sp³-hybridized carbons (Fsp3) is 0.818. The van der Waals surface area contributed by atoms with Crippen LogP contribution >= 0.6 is 0 Å². The van der Waals surface area contributed by atoms with Crippen molar-refractivity contribution >= 4 is 22.1 Å². The Hall–Kier alpha value is -1.19. The van der Waals surface area contributed by atoms with Gasteiger partial charge >= 0.3 is 6.03 Å². The average Bonchev–Trinajstić information content (AvgIpc) is 2.61. The van der Waals surface area contributed by atoms with Crippen molar-refractivity contribution in [3.63, 3.8) is 0 Å². The van der Waals surface area contributed by atoms with Gasteiger partial charge in [-0.05, 0) is 19.8 Å². The number of carbonyl (C=O) groups is 2. The molecule has 2 saturated heterocycles. The largest absolute Gasteiger partial charge is 0.325 e. The number of amides is 3. The third-order valence-corrected chi connectivity index (χ3v) is 5.87. The van der Waals surface area contributed by atoms with Crippen LogP contribution in [0.25, 0.3) is 0 Å². The van der Waals surface area contributed by atoms with Crippen LogP contribution in [0.4, 0.5) is 4.79 Å². The highest BCUT2D eigenvalue weighted by molar-refractivity contribution is 7.86. The number of piperidine rings is 1. The summed E-state index contributed by atoms with van der Waals surface area (Å²) in [6.07, 6.45) is 0.613. The van der Waals surface area contributed by atoms with E-state index < -0.39 is 15.7 Å². The van der Waals surface area contributed by atoms with Crippen LogP contribution in [0.1, 0.15) is 19.8 Å². The SMILES string of the molecule is CCN1C(=O)NC2(CCN(S(=O)(=O)N(C)C)CC2)C1=O. The predicted molar refractivity (Wildman–Crippen MR) is 72.1 cm³/mol. The van der Waals surface area contributed by atoms with Gasteiger partial charge < -0.3 is 5.32 Å². The van der Waals surface area contributed by atoms with E-state index in [1.807, 2.05) is 0 Å². The molecule has 2 fully saturated rings. The van der Waals surface area contributed by atoms with E-state index in [0.29, 0.717) is 19.4 Å². The first-order chi connectivity index (χ1) is 9.24. The lowest BCUT2D eigenvalue weighted by Crippen LogP contribution is -2.57. The molecular formula is C11H20N4O4S. The van der Waals surface area contributed by atoms with Gasteiger partial charge in [-0.2, -0.15) is 17.0 Å². The molecule has 3 amide bonds. The van der Waals surface area contributed by atoms with E-state index in [0.717, 1.165) is 4.31 Å². The molecular weight excluding hydrogens is 284 g/mol. The third-order valence-electron chi connectivity index (χ3n) is 3.93. The van der Waals surface area contributed by atoms with Gasteiger partial charge in [0.1, 0.15) is 5.54 Å². The van der Waals surface area contributed by atoms with E-state index in [1.54, 1.807) is 6.92 Å². The molecule has 1 N–H and O–H groups in total. The van der Waals surface area contributed by atoms with Crippen molar-refractivity contribution in [2.24, 2.45) is 0 Å². The second kappa shape index (κ2) is 4.97. The monoisotopic (exact) mass is 304 g/mol. The standard InChI is InChI=1S/C11H20N4O4S/c1-4-15-9(16)11(12-10(15)17)5-7-14(8-6-11)20(18,19)13(2)3/h4-8H2,1-3H3,(H,12,17). The van der Waals surface area contributed by atoms with Gasteiger partial charge in [0.2, 0.25) is 0 Å². The summed E-state index contributed by atoms with van der Waals surface area (Å²) in [6, 6.07) is -0.388. The predicted octanol–water partition coefficient (Wildman–Crippen LogP) is -0.801. The first-order valence-electron chi connectivity index (χ1n) is 6.56. The molecule has 0 radical (unpaired) electrons. The topological polar surface area (TPSA) is 90.0 Å². The number of urea groups is 1. The molecule has 2 heterocycles. The maximum absolute atomic E-state index is 12.3. The van der Waals surface area contributed by atoms with Crippen molar-refractivity contribution < 1.29 is 18.0 Å². The smallest absolute Gasteiger partial charge is 0.323 e. The minimum Gasteiger partial charge on any atom is -0.323 e. The highest BCUT2D eigenvalue weighted by Crippen LogP contribution is 2.30. The molecule has 2 aliphatic heterocycles. The highest BCUT2D eigenvalue weighted by Gasteiger charge is 2.52. The maximum Gasteiger partial charge on any atom is 0.325 e. The summed E-state index contributed by atoms with van der Waals surface area (Å²) in [5.74, 6) is -0.244. The summed E-state index contributed by atoms with van der Waals surface area (Å²) in [5, 5.41) is 2.72. The second-order valence-corrected chi connectivity index (χ2v) is 7.39. The lowest BCUT2D eigenvalue weighted by atomic mass is 9.88. The lowest BCUT2D eigenvalue weighted by molar-refractivity contribution is -0.132. The summed E-state index contributed by atoms with van der Waals surface area (Å²) in [6.45, 7) is 2.52. The van der Waals surface area contributed by atoms with Crippen LogP contribution in [0.2, 0.25) is 0 Å². The molecule has 0 saturated carbocycles. The zero-order chi connectivity index (χ0) is 15.1. The number of imide groups is 1. The van der Waals surface area contributed by atoms with Gasteiger partial charge in [-0.25, -0.2) is 4.79 Å². The van der Waals surface area contributed by atoms with Crippen LogP contribution in [-0.4, -0.2) is 73.1 Å². The molecule has 0 bridgehead atoms. The number of nitrogens with one attached hydrogen (secondary N) is 1. The summed E-state index contributed by atoms with van der Waals surface area (Å²) >= 11 is 0. The number of carbonyl (C=O) groups excluding carboxylic acids is 2. The van der Waals surface area contributed by atoms with Gasteiger partial charge in [0.15, 0.2) is 0 Å². The van der Waals surface area contributed by atoms with Crippen molar-refractivity contribution in [2.75, 3.05) is 33.7 Å². The van der Waals surface area contributed by atoms with Crippen LogP contribution in [0.15, 0.2) is 0 Å². The molecule has 0 unspecified atom stereocenters. The molecule has 1 spiro atoms. The van der Waals surface area contributed by atoms with Gasteiger partial charge in [-0.3, -0.25) is 9.69 Å². The normalized spacial score (nSPS) is 23.7. The van der Waals surface area contributed by atoms with Crippen LogP contribution in [0.3, 0.4) is 0 Å². The van der Waals surface area contributed by atoms with E-state index in [9.17, 15) is 18.0 Å². The fourth-order valence-corrected chi connectivity index (χ4v) is 3.74. The minimum atomic E-state index is -3.47. The number of hydrogen-bond donors (Lipinski definition) is 1. The van der Waals surface area contributed by atoms with Crippen LogP contribution in [-0.2, 0) is 15.0 Å². The fourth-order valence-electron chi connectivity index (χ4n) is 2.63. The molecule has 0 aromatic heterocycles. The maximum atomic E-state index is 12.3. The van der Waals surface area contributed by atoms with E-state index in [2.05, 4.69) is 5.32 Å². The third kappa shape index (κ3) is 2.19. The van der Waals surface area contributed by atoms with Gasteiger partial charge in [0.05, 0.1) is 0 Å². The van der Waals surface area contributed by atoms with Crippen molar-refractivity contribution in [3.8, 4) is 0 Å². The van der Waals surface area contributed by atoms with Gasteiger partial charge in [-0.1, -0.05) is 0 Å². The van der Waals surface area contributed by atoms with Crippen molar-refractivity contribution in [3.05, 3.63) is 0 Å². The molecule has 0 aliphatic carbocycles. The Morgan fingerprint density at radius 3 is 2.20 bits per heavy atom. The molecule has 8 nitrogen and oxygen atoms in total. The number of rotatable bonds is 3.